The maximum absolute atomic E-state index is 8.59. The Hall–Kier alpha value is -1.40. The van der Waals surface area contributed by atoms with Gasteiger partial charge in [0.15, 0.2) is 0 Å². The van der Waals surface area contributed by atoms with E-state index >= 15 is 0 Å². The van der Waals surface area contributed by atoms with Gasteiger partial charge in [-0.15, -0.1) is 0 Å². The molecule has 0 aliphatic rings. The van der Waals surface area contributed by atoms with E-state index in [9.17, 15) is 0 Å². The van der Waals surface area contributed by atoms with Gasteiger partial charge in [0.25, 0.3) is 0 Å². The number of hydrogen-bond acceptors (Lipinski definition) is 3. The van der Waals surface area contributed by atoms with E-state index in [1.807, 2.05) is 13.0 Å². The Kier molecular flexibility index (Phi) is 2.78. The van der Waals surface area contributed by atoms with Gasteiger partial charge in [0.1, 0.15) is 6.07 Å². The van der Waals surface area contributed by atoms with Crippen LogP contribution in [0.2, 0.25) is 0 Å². The minimum absolute atomic E-state index is 0.00852. The van der Waals surface area contributed by atoms with Gasteiger partial charge in [-0.25, -0.2) is 0 Å². The summed E-state index contributed by atoms with van der Waals surface area (Å²) in [6.45, 7) is 2.00. The first-order chi connectivity index (χ1) is 5.77. The molecule has 0 spiro atoms. The highest BCUT2D eigenvalue weighted by atomic mass is 14.7. The van der Waals surface area contributed by atoms with E-state index in [2.05, 4.69) is 4.98 Å². The van der Waals surface area contributed by atoms with Crippen molar-refractivity contribution < 1.29 is 0 Å². The molecular formula is C9H11N3. The molecule has 3 heteroatoms. The van der Waals surface area contributed by atoms with Crippen LogP contribution in [0.4, 0.5) is 0 Å². The summed E-state index contributed by atoms with van der Waals surface area (Å²) in [4.78, 5) is 3.92. The molecule has 1 aromatic rings. The number of nitriles is 1. The fourth-order valence-electron chi connectivity index (χ4n) is 0.957. The first-order valence-electron chi connectivity index (χ1n) is 3.88. The van der Waals surface area contributed by atoms with Gasteiger partial charge in [-0.2, -0.15) is 5.26 Å². The summed E-state index contributed by atoms with van der Waals surface area (Å²) in [6.07, 6.45) is 4.09. The van der Waals surface area contributed by atoms with Crippen molar-refractivity contribution in [1.82, 2.24) is 4.98 Å². The molecule has 12 heavy (non-hydrogen) atoms. The number of aromatic nitrogens is 1. The largest absolute Gasteiger partial charge is 0.324 e. The van der Waals surface area contributed by atoms with E-state index in [-0.39, 0.29) is 6.04 Å². The zero-order valence-corrected chi connectivity index (χ0v) is 6.99. The quantitative estimate of drug-likeness (QED) is 0.712. The molecule has 1 aromatic heterocycles. The zero-order valence-electron chi connectivity index (χ0n) is 6.99. The fraction of sp³-hybridized carbons (Fsp3) is 0.333. The molecule has 1 rings (SSSR count). The third kappa shape index (κ3) is 1.80. The van der Waals surface area contributed by atoms with Crippen molar-refractivity contribution in [2.75, 3.05) is 0 Å². The van der Waals surface area contributed by atoms with Crippen molar-refractivity contribution in [3.05, 3.63) is 29.6 Å². The van der Waals surface area contributed by atoms with Gasteiger partial charge in [-0.1, -0.05) is 6.92 Å². The van der Waals surface area contributed by atoms with E-state index in [0.29, 0.717) is 5.56 Å². The number of nitrogens with zero attached hydrogens (tertiary/aromatic N) is 2. The standard InChI is InChI=1S/C9H11N3/c1-2-9(11)8-3-7(4-10)5-12-6-8/h3,5-6,9H,2,11H2,1H3/t9-/m1/s1. The van der Waals surface area contributed by atoms with E-state index in [1.54, 1.807) is 12.3 Å². The number of nitrogens with two attached hydrogens (primary N) is 1. The second-order valence-corrected chi connectivity index (χ2v) is 2.63. The van der Waals surface area contributed by atoms with E-state index in [0.717, 1.165) is 12.0 Å². The smallest absolute Gasteiger partial charge is 0.101 e. The molecule has 2 N–H and O–H groups in total. The summed E-state index contributed by atoms with van der Waals surface area (Å²) in [5, 5.41) is 8.59. The molecule has 3 nitrogen and oxygen atoms in total. The summed E-state index contributed by atoms with van der Waals surface area (Å²) in [6, 6.07) is 3.80. The minimum Gasteiger partial charge on any atom is -0.324 e. The molecule has 0 aliphatic carbocycles. The van der Waals surface area contributed by atoms with E-state index < -0.39 is 0 Å². The number of pyridine rings is 1. The first kappa shape index (κ1) is 8.69. The molecule has 0 bridgehead atoms. The molecule has 0 amide bonds. The van der Waals surface area contributed by atoms with Gasteiger partial charge in [0.2, 0.25) is 0 Å². The molecule has 62 valence electrons. The lowest BCUT2D eigenvalue weighted by atomic mass is 10.1. The molecule has 0 aromatic carbocycles. The molecular weight excluding hydrogens is 150 g/mol. The van der Waals surface area contributed by atoms with Crippen molar-refractivity contribution in [2.45, 2.75) is 19.4 Å². The molecule has 0 radical (unpaired) electrons. The number of rotatable bonds is 2. The van der Waals surface area contributed by atoms with Crippen LogP contribution < -0.4 is 5.73 Å². The Balaban J connectivity index is 2.95. The lowest BCUT2D eigenvalue weighted by Gasteiger charge is -2.07. The van der Waals surface area contributed by atoms with Gasteiger partial charge in [0.05, 0.1) is 5.56 Å². The maximum atomic E-state index is 8.59. The topological polar surface area (TPSA) is 62.7 Å². The van der Waals surface area contributed by atoms with Crippen LogP contribution in [0.25, 0.3) is 0 Å². The predicted octanol–water partition coefficient (Wildman–Crippen LogP) is 1.36. The van der Waals surface area contributed by atoms with Crippen LogP contribution in [0, 0.1) is 11.3 Å². The van der Waals surface area contributed by atoms with Gasteiger partial charge >= 0.3 is 0 Å². The third-order valence-corrected chi connectivity index (χ3v) is 1.76. The Morgan fingerprint density at radius 3 is 3.00 bits per heavy atom. The SMILES string of the molecule is CC[C@@H](N)c1cncc(C#N)c1. The van der Waals surface area contributed by atoms with Crippen molar-refractivity contribution >= 4 is 0 Å². The van der Waals surface area contributed by atoms with Crippen molar-refractivity contribution in [1.29, 1.82) is 5.26 Å². The second-order valence-electron chi connectivity index (χ2n) is 2.63. The van der Waals surface area contributed by atoms with Crippen LogP contribution in [0.5, 0.6) is 0 Å². The van der Waals surface area contributed by atoms with Crippen LogP contribution in [0.3, 0.4) is 0 Å². The van der Waals surface area contributed by atoms with Gasteiger partial charge in [-0.05, 0) is 18.1 Å². The van der Waals surface area contributed by atoms with Crippen LogP contribution >= 0.6 is 0 Å². The highest BCUT2D eigenvalue weighted by Gasteiger charge is 2.03. The molecule has 0 unspecified atom stereocenters. The molecule has 0 saturated carbocycles. The Morgan fingerprint density at radius 2 is 2.42 bits per heavy atom. The van der Waals surface area contributed by atoms with E-state index in [4.69, 9.17) is 11.0 Å². The maximum Gasteiger partial charge on any atom is 0.101 e. The fourth-order valence-corrected chi connectivity index (χ4v) is 0.957. The lowest BCUT2D eigenvalue weighted by Crippen LogP contribution is -2.08. The summed E-state index contributed by atoms with van der Waals surface area (Å²) in [5.74, 6) is 0. The first-order valence-corrected chi connectivity index (χ1v) is 3.88. The van der Waals surface area contributed by atoms with Gasteiger partial charge < -0.3 is 5.73 Å². The van der Waals surface area contributed by atoms with Crippen molar-refractivity contribution in [2.24, 2.45) is 5.73 Å². The Bertz CT molecular complexity index is 301. The Labute approximate surface area is 71.8 Å². The average Bonchev–Trinajstić information content (AvgIpc) is 2.17. The van der Waals surface area contributed by atoms with E-state index in [1.165, 1.54) is 6.20 Å². The summed E-state index contributed by atoms with van der Waals surface area (Å²) >= 11 is 0. The molecule has 0 fully saturated rings. The Morgan fingerprint density at radius 1 is 1.67 bits per heavy atom. The predicted molar refractivity (Wildman–Crippen MR) is 46.2 cm³/mol. The molecule has 1 heterocycles. The normalized spacial score (nSPS) is 12.1. The van der Waals surface area contributed by atoms with Crippen LogP contribution in [-0.2, 0) is 0 Å². The van der Waals surface area contributed by atoms with Gasteiger partial charge in [-0.3, -0.25) is 4.98 Å². The lowest BCUT2D eigenvalue weighted by molar-refractivity contribution is 0.695. The molecule has 1 atom stereocenters. The van der Waals surface area contributed by atoms with Gasteiger partial charge in [0, 0.05) is 18.4 Å². The average molecular weight is 161 g/mol. The van der Waals surface area contributed by atoms with Crippen molar-refractivity contribution in [3.63, 3.8) is 0 Å². The van der Waals surface area contributed by atoms with Crippen molar-refractivity contribution in [3.8, 4) is 6.07 Å². The summed E-state index contributed by atoms with van der Waals surface area (Å²) in [5.41, 5.74) is 7.26. The van der Waals surface area contributed by atoms with Crippen LogP contribution in [0.15, 0.2) is 18.5 Å². The minimum atomic E-state index is -0.00852. The highest BCUT2D eigenvalue weighted by molar-refractivity contribution is 5.30. The molecule has 0 aliphatic heterocycles. The summed E-state index contributed by atoms with van der Waals surface area (Å²) in [7, 11) is 0. The molecule has 0 saturated heterocycles. The highest BCUT2D eigenvalue weighted by Crippen LogP contribution is 2.12. The van der Waals surface area contributed by atoms with Crippen LogP contribution in [-0.4, -0.2) is 4.98 Å². The zero-order chi connectivity index (χ0) is 8.97. The number of hydrogen-bond donors (Lipinski definition) is 1. The third-order valence-electron chi connectivity index (χ3n) is 1.76. The second kappa shape index (κ2) is 3.84. The van der Waals surface area contributed by atoms with Crippen LogP contribution in [0.1, 0.15) is 30.5 Å². The monoisotopic (exact) mass is 161 g/mol. The summed E-state index contributed by atoms with van der Waals surface area (Å²) < 4.78 is 0.